The van der Waals surface area contributed by atoms with Gasteiger partial charge in [-0.2, -0.15) is 0 Å². The van der Waals surface area contributed by atoms with Gasteiger partial charge < -0.3 is 0 Å². The number of rotatable bonds is 6. The van der Waals surface area contributed by atoms with Gasteiger partial charge in [0.25, 0.3) is 0 Å². The minimum atomic E-state index is 0.987. The molecule has 0 aromatic rings. The maximum absolute atomic E-state index is 4.05. The topological polar surface area (TPSA) is 0 Å². The van der Waals surface area contributed by atoms with E-state index in [-0.39, 0.29) is 0 Å². The van der Waals surface area contributed by atoms with E-state index in [9.17, 15) is 0 Å². The molecule has 0 saturated heterocycles. The van der Waals surface area contributed by atoms with Crippen LogP contribution in [0.25, 0.3) is 0 Å². The Morgan fingerprint density at radius 1 is 1.06 bits per heavy atom. The maximum Gasteiger partial charge on any atom is -0.0196 e. The van der Waals surface area contributed by atoms with Crippen molar-refractivity contribution in [3.63, 3.8) is 0 Å². The molecule has 17 heavy (non-hydrogen) atoms. The zero-order chi connectivity index (χ0) is 13.3. The molecule has 0 radical (unpaired) electrons. The Hall–Kier alpha value is -1.56. The summed E-state index contributed by atoms with van der Waals surface area (Å²) in [5.74, 6) is 0. The van der Waals surface area contributed by atoms with Gasteiger partial charge in [-0.1, -0.05) is 67.7 Å². The van der Waals surface area contributed by atoms with Gasteiger partial charge in [-0.05, 0) is 38.3 Å². The third-order valence-corrected chi connectivity index (χ3v) is 2.26. The van der Waals surface area contributed by atoms with E-state index in [0.717, 1.165) is 17.6 Å². The Balaban J connectivity index is 4.80. The van der Waals surface area contributed by atoms with Gasteiger partial charge in [0.15, 0.2) is 0 Å². The molecule has 0 aliphatic rings. The van der Waals surface area contributed by atoms with E-state index >= 15 is 0 Å². The molecule has 92 valence electrons. The van der Waals surface area contributed by atoms with Crippen LogP contribution in [-0.4, -0.2) is 0 Å². The average Bonchev–Trinajstić information content (AvgIpc) is 2.27. The van der Waals surface area contributed by atoms with Crippen molar-refractivity contribution in [2.75, 3.05) is 0 Å². The summed E-state index contributed by atoms with van der Waals surface area (Å²) in [7, 11) is 0. The third kappa shape index (κ3) is 7.35. The van der Waals surface area contributed by atoms with E-state index in [1.54, 1.807) is 0 Å². The van der Waals surface area contributed by atoms with Gasteiger partial charge >= 0.3 is 0 Å². The first-order valence-electron chi connectivity index (χ1n) is 6.03. The first kappa shape index (κ1) is 15.4. The van der Waals surface area contributed by atoms with E-state index in [2.05, 4.69) is 59.1 Å². The number of hydrogen-bond donors (Lipinski definition) is 0. The second-order valence-electron chi connectivity index (χ2n) is 4.29. The summed E-state index contributed by atoms with van der Waals surface area (Å²) >= 11 is 0. The van der Waals surface area contributed by atoms with Crippen LogP contribution in [0.15, 0.2) is 71.9 Å². The lowest BCUT2D eigenvalue weighted by atomic mass is 10.1. The Bertz CT molecular complexity index is 380. The zero-order valence-electron chi connectivity index (χ0n) is 11.6. The van der Waals surface area contributed by atoms with Gasteiger partial charge in [-0.15, -0.1) is 0 Å². The molecule has 0 N–H and O–H groups in total. The van der Waals surface area contributed by atoms with Gasteiger partial charge in [0.05, 0.1) is 0 Å². The van der Waals surface area contributed by atoms with E-state index in [1.807, 2.05) is 18.2 Å². The molecule has 0 aliphatic carbocycles. The molecule has 0 heteroatoms. The summed E-state index contributed by atoms with van der Waals surface area (Å²) in [6, 6.07) is 0. The molecule has 0 atom stereocenters. The standard InChI is InChI=1S/C17H24/c1-7-9-15(5)11-12-16(6)17(8-2)13-10-14(3)4/h8-13H,2,6-7H2,1,3-5H3/b12-11-,15-9-,17-13+. The maximum atomic E-state index is 4.05. The van der Waals surface area contributed by atoms with Crippen molar-refractivity contribution < 1.29 is 0 Å². The van der Waals surface area contributed by atoms with Gasteiger partial charge in [-0.25, -0.2) is 0 Å². The smallest absolute Gasteiger partial charge is 0.0196 e. The Kier molecular flexibility index (Phi) is 7.79. The normalized spacial score (nSPS) is 12.7. The van der Waals surface area contributed by atoms with Crippen LogP contribution >= 0.6 is 0 Å². The summed E-state index contributed by atoms with van der Waals surface area (Å²) in [5.41, 5.74) is 4.58. The molecule has 0 bridgehead atoms. The Labute approximate surface area is 106 Å². The van der Waals surface area contributed by atoms with Gasteiger partial charge in [0.1, 0.15) is 0 Å². The fourth-order valence-corrected chi connectivity index (χ4v) is 1.28. The molecule has 0 rings (SSSR count). The monoisotopic (exact) mass is 228 g/mol. The molecule has 0 nitrogen and oxygen atoms in total. The van der Waals surface area contributed by atoms with Crippen LogP contribution < -0.4 is 0 Å². The van der Waals surface area contributed by atoms with Crippen molar-refractivity contribution >= 4 is 0 Å². The van der Waals surface area contributed by atoms with Crippen molar-refractivity contribution in [2.45, 2.75) is 34.1 Å². The highest BCUT2D eigenvalue weighted by molar-refractivity contribution is 5.47. The highest BCUT2D eigenvalue weighted by Crippen LogP contribution is 2.12. The molecular formula is C17H24. The predicted molar refractivity (Wildman–Crippen MR) is 80.0 cm³/mol. The molecule has 0 aromatic heterocycles. The zero-order valence-corrected chi connectivity index (χ0v) is 11.6. The molecule has 0 aromatic carbocycles. The largest absolute Gasteiger partial charge is 0.0984 e. The second kappa shape index (κ2) is 8.58. The first-order valence-corrected chi connectivity index (χ1v) is 6.03. The molecule has 0 spiro atoms. The molecule has 0 heterocycles. The van der Waals surface area contributed by atoms with Gasteiger partial charge in [0, 0.05) is 0 Å². The van der Waals surface area contributed by atoms with Crippen molar-refractivity contribution in [3.8, 4) is 0 Å². The molecular weight excluding hydrogens is 204 g/mol. The van der Waals surface area contributed by atoms with Crippen LogP contribution in [-0.2, 0) is 0 Å². The van der Waals surface area contributed by atoms with Crippen LogP contribution in [0.4, 0.5) is 0 Å². The van der Waals surface area contributed by atoms with E-state index in [1.165, 1.54) is 11.1 Å². The van der Waals surface area contributed by atoms with E-state index in [0.29, 0.717) is 0 Å². The van der Waals surface area contributed by atoms with Crippen molar-refractivity contribution in [1.82, 2.24) is 0 Å². The molecule has 0 unspecified atom stereocenters. The fourth-order valence-electron chi connectivity index (χ4n) is 1.28. The lowest BCUT2D eigenvalue weighted by molar-refractivity contribution is 1.20. The predicted octanol–water partition coefficient (Wildman–Crippen LogP) is 5.53. The quantitative estimate of drug-likeness (QED) is 0.524. The Morgan fingerprint density at radius 3 is 2.18 bits per heavy atom. The second-order valence-corrected chi connectivity index (χ2v) is 4.29. The lowest BCUT2D eigenvalue weighted by Gasteiger charge is -2.00. The van der Waals surface area contributed by atoms with Crippen LogP contribution in [0.3, 0.4) is 0 Å². The van der Waals surface area contributed by atoms with Gasteiger partial charge in [-0.3, -0.25) is 0 Å². The highest BCUT2D eigenvalue weighted by atomic mass is 14.0. The Morgan fingerprint density at radius 2 is 1.71 bits per heavy atom. The lowest BCUT2D eigenvalue weighted by Crippen LogP contribution is -1.80. The summed E-state index contributed by atoms with van der Waals surface area (Å²) < 4.78 is 0. The summed E-state index contributed by atoms with van der Waals surface area (Å²) in [5, 5.41) is 0. The number of hydrogen-bond acceptors (Lipinski definition) is 0. The summed E-state index contributed by atoms with van der Waals surface area (Å²) in [4.78, 5) is 0. The van der Waals surface area contributed by atoms with Crippen LogP contribution in [0.1, 0.15) is 34.1 Å². The minimum Gasteiger partial charge on any atom is -0.0984 e. The summed E-state index contributed by atoms with van der Waals surface area (Å²) in [6.07, 6.45) is 13.3. The third-order valence-electron chi connectivity index (χ3n) is 2.26. The van der Waals surface area contributed by atoms with Gasteiger partial charge in [0.2, 0.25) is 0 Å². The SMILES string of the molecule is C=C/C(=C\C=C(C)C)C(=C)/C=C\C(C)=C/CC. The molecule has 0 fully saturated rings. The molecule has 0 amide bonds. The van der Waals surface area contributed by atoms with Crippen molar-refractivity contribution in [2.24, 2.45) is 0 Å². The molecule has 0 aliphatic heterocycles. The first-order chi connectivity index (χ1) is 8.01. The van der Waals surface area contributed by atoms with E-state index in [4.69, 9.17) is 0 Å². The highest BCUT2D eigenvalue weighted by Gasteiger charge is 1.93. The number of allylic oxidation sites excluding steroid dienone is 10. The summed E-state index contributed by atoms with van der Waals surface area (Å²) in [6.45, 7) is 16.2. The molecule has 0 saturated carbocycles. The van der Waals surface area contributed by atoms with Crippen LogP contribution in [0.2, 0.25) is 0 Å². The minimum absolute atomic E-state index is 0.987. The van der Waals surface area contributed by atoms with E-state index < -0.39 is 0 Å². The average molecular weight is 228 g/mol. The fraction of sp³-hybridized carbons (Fsp3) is 0.294. The van der Waals surface area contributed by atoms with Crippen LogP contribution in [0.5, 0.6) is 0 Å². The van der Waals surface area contributed by atoms with Crippen molar-refractivity contribution in [3.05, 3.63) is 71.9 Å². The van der Waals surface area contributed by atoms with Crippen LogP contribution in [0, 0.1) is 0 Å². The van der Waals surface area contributed by atoms with Crippen molar-refractivity contribution in [1.29, 1.82) is 0 Å².